The normalized spacial score (nSPS) is 16.4. The Bertz CT molecular complexity index is 1190. The molecular formula is C25H25ClN6O2. The Kier molecular flexibility index (Phi) is 6.31. The average molecular weight is 477 g/mol. The molecule has 0 radical (unpaired) electrons. The van der Waals surface area contributed by atoms with Gasteiger partial charge in [0, 0.05) is 50.0 Å². The number of piperazine rings is 1. The summed E-state index contributed by atoms with van der Waals surface area (Å²) >= 11 is 6.01. The van der Waals surface area contributed by atoms with Gasteiger partial charge in [-0.05, 0) is 41.8 Å². The predicted molar refractivity (Wildman–Crippen MR) is 136 cm³/mol. The number of anilines is 3. The monoisotopic (exact) mass is 476 g/mol. The van der Waals surface area contributed by atoms with Crippen molar-refractivity contribution in [3.05, 3.63) is 87.7 Å². The maximum atomic E-state index is 12.2. The molecule has 0 amide bonds. The van der Waals surface area contributed by atoms with Crippen molar-refractivity contribution in [3.8, 4) is 0 Å². The molecule has 3 aromatic rings. The number of hydrogen-bond donors (Lipinski definition) is 0. The van der Waals surface area contributed by atoms with E-state index in [1.54, 1.807) is 0 Å². The van der Waals surface area contributed by atoms with E-state index in [0.29, 0.717) is 42.8 Å². The summed E-state index contributed by atoms with van der Waals surface area (Å²) < 4.78 is 0. The molecule has 2 aliphatic heterocycles. The molecule has 2 aromatic carbocycles. The molecular weight excluding hydrogens is 452 g/mol. The highest BCUT2D eigenvalue weighted by atomic mass is 35.5. The first kappa shape index (κ1) is 22.2. The Morgan fingerprint density at radius 2 is 1.47 bits per heavy atom. The van der Waals surface area contributed by atoms with Crippen LogP contribution in [0.15, 0.2) is 67.0 Å². The first-order valence-corrected chi connectivity index (χ1v) is 11.7. The lowest BCUT2D eigenvalue weighted by Gasteiger charge is -2.36. The summed E-state index contributed by atoms with van der Waals surface area (Å²) in [7, 11) is 0. The van der Waals surface area contributed by atoms with Gasteiger partial charge in [-0.15, -0.1) is 0 Å². The molecule has 1 aromatic heterocycles. The minimum Gasteiger partial charge on any atom is -0.368 e. The van der Waals surface area contributed by atoms with Gasteiger partial charge in [-0.3, -0.25) is 10.1 Å². The molecule has 3 heterocycles. The van der Waals surface area contributed by atoms with Crippen LogP contribution in [0.1, 0.15) is 12.0 Å². The molecule has 0 unspecified atom stereocenters. The first-order chi connectivity index (χ1) is 16.6. The zero-order valence-electron chi connectivity index (χ0n) is 18.7. The van der Waals surface area contributed by atoms with E-state index in [4.69, 9.17) is 11.6 Å². The molecule has 174 valence electrons. The van der Waals surface area contributed by atoms with Crippen LogP contribution in [0.3, 0.4) is 0 Å². The lowest BCUT2D eigenvalue weighted by molar-refractivity contribution is -0.383. The van der Waals surface area contributed by atoms with Crippen LogP contribution in [-0.2, 0) is 0 Å². The minimum atomic E-state index is -0.341. The molecule has 2 aliphatic rings. The molecule has 0 saturated carbocycles. The summed E-state index contributed by atoms with van der Waals surface area (Å²) in [4.78, 5) is 26.8. The van der Waals surface area contributed by atoms with Crippen molar-refractivity contribution < 1.29 is 4.92 Å². The van der Waals surface area contributed by atoms with Crippen LogP contribution in [0, 0.1) is 10.1 Å². The van der Waals surface area contributed by atoms with E-state index < -0.39 is 0 Å². The summed E-state index contributed by atoms with van der Waals surface area (Å²) in [6.45, 7) is 4.07. The molecule has 5 rings (SSSR count). The Balaban J connectivity index is 1.35. The average Bonchev–Trinajstić information content (AvgIpc) is 2.89. The smallest absolute Gasteiger partial charge is 0.353 e. The number of benzene rings is 2. The standard InChI is InChI=1S/C25H25ClN6O2/c26-21-8-6-19(7-9-21)20-10-12-30(13-11-20)24-23(32(33)34)25(28-18-27-24)31-16-14-29(15-17-31)22-4-2-1-3-5-22/h1-10,18H,11-17H2. The van der Waals surface area contributed by atoms with Crippen LogP contribution in [0.5, 0.6) is 0 Å². The topological polar surface area (TPSA) is 78.6 Å². The molecule has 0 aliphatic carbocycles. The molecule has 8 nitrogen and oxygen atoms in total. The lowest BCUT2D eigenvalue weighted by Crippen LogP contribution is -2.47. The predicted octanol–water partition coefficient (Wildman–Crippen LogP) is 4.66. The third kappa shape index (κ3) is 4.54. The van der Waals surface area contributed by atoms with Gasteiger partial charge in [0.05, 0.1) is 4.92 Å². The SMILES string of the molecule is O=[N+]([O-])c1c(N2CC=C(c3ccc(Cl)cc3)CC2)ncnc1N1CCN(c2ccccc2)CC1. The largest absolute Gasteiger partial charge is 0.368 e. The van der Waals surface area contributed by atoms with Gasteiger partial charge in [0.25, 0.3) is 0 Å². The Morgan fingerprint density at radius 1 is 0.824 bits per heavy atom. The van der Waals surface area contributed by atoms with E-state index >= 15 is 0 Å². The van der Waals surface area contributed by atoms with Crippen LogP contribution >= 0.6 is 11.6 Å². The van der Waals surface area contributed by atoms with Crippen molar-refractivity contribution in [2.75, 3.05) is 54.0 Å². The molecule has 9 heteroatoms. The van der Waals surface area contributed by atoms with Crippen LogP contribution in [0.4, 0.5) is 23.0 Å². The van der Waals surface area contributed by atoms with E-state index in [9.17, 15) is 10.1 Å². The summed E-state index contributed by atoms with van der Waals surface area (Å²) in [5.74, 6) is 0.780. The molecule has 0 spiro atoms. The Morgan fingerprint density at radius 3 is 2.09 bits per heavy atom. The van der Waals surface area contributed by atoms with Crippen molar-refractivity contribution in [1.82, 2.24) is 9.97 Å². The fourth-order valence-electron chi connectivity index (χ4n) is 4.59. The Hall–Kier alpha value is -3.65. The van der Waals surface area contributed by atoms with Gasteiger partial charge in [-0.1, -0.05) is 48.0 Å². The maximum Gasteiger partial charge on any atom is 0.353 e. The second-order valence-electron chi connectivity index (χ2n) is 8.37. The zero-order valence-corrected chi connectivity index (χ0v) is 19.4. The van der Waals surface area contributed by atoms with Gasteiger partial charge in [0.15, 0.2) is 0 Å². The molecule has 1 fully saturated rings. The molecule has 0 bridgehead atoms. The van der Waals surface area contributed by atoms with E-state index in [1.165, 1.54) is 11.9 Å². The number of halogens is 1. The second-order valence-corrected chi connectivity index (χ2v) is 8.80. The van der Waals surface area contributed by atoms with Crippen molar-refractivity contribution >= 4 is 40.2 Å². The number of nitro groups is 1. The zero-order chi connectivity index (χ0) is 23.5. The van der Waals surface area contributed by atoms with Crippen molar-refractivity contribution in [2.45, 2.75) is 6.42 Å². The van der Waals surface area contributed by atoms with Gasteiger partial charge >= 0.3 is 5.69 Å². The van der Waals surface area contributed by atoms with E-state index in [-0.39, 0.29) is 10.6 Å². The van der Waals surface area contributed by atoms with E-state index in [2.05, 4.69) is 33.1 Å². The highest BCUT2D eigenvalue weighted by Gasteiger charge is 2.32. The van der Waals surface area contributed by atoms with Crippen LogP contribution in [-0.4, -0.2) is 54.2 Å². The van der Waals surface area contributed by atoms with E-state index in [0.717, 1.165) is 30.8 Å². The van der Waals surface area contributed by atoms with Crippen LogP contribution < -0.4 is 14.7 Å². The summed E-state index contributed by atoms with van der Waals surface area (Å²) in [5.41, 5.74) is 3.48. The van der Waals surface area contributed by atoms with Gasteiger partial charge in [0.1, 0.15) is 6.33 Å². The van der Waals surface area contributed by atoms with Crippen molar-refractivity contribution in [2.24, 2.45) is 0 Å². The molecule has 0 N–H and O–H groups in total. The maximum absolute atomic E-state index is 12.2. The third-order valence-electron chi connectivity index (χ3n) is 6.39. The fraction of sp³-hybridized carbons (Fsp3) is 0.280. The number of rotatable bonds is 5. The number of aromatic nitrogens is 2. The van der Waals surface area contributed by atoms with Crippen molar-refractivity contribution in [1.29, 1.82) is 0 Å². The molecule has 34 heavy (non-hydrogen) atoms. The van der Waals surface area contributed by atoms with Gasteiger partial charge in [-0.25, -0.2) is 9.97 Å². The quantitative estimate of drug-likeness (QED) is 0.391. The highest BCUT2D eigenvalue weighted by molar-refractivity contribution is 6.30. The highest BCUT2D eigenvalue weighted by Crippen LogP contribution is 2.36. The summed E-state index contributed by atoms with van der Waals surface area (Å²) in [5, 5.41) is 12.9. The third-order valence-corrected chi connectivity index (χ3v) is 6.64. The number of hydrogen-bond acceptors (Lipinski definition) is 7. The second kappa shape index (κ2) is 9.69. The van der Waals surface area contributed by atoms with Crippen LogP contribution in [0.25, 0.3) is 5.57 Å². The van der Waals surface area contributed by atoms with Crippen LogP contribution in [0.2, 0.25) is 5.02 Å². The summed E-state index contributed by atoms with van der Waals surface area (Å²) in [6.07, 6.45) is 4.32. The fourth-order valence-corrected chi connectivity index (χ4v) is 4.72. The first-order valence-electron chi connectivity index (χ1n) is 11.3. The van der Waals surface area contributed by atoms with Gasteiger partial charge < -0.3 is 14.7 Å². The Labute approximate surface area is 203 Å². The number of nitrogens with zero attached hydrogens (tertiary/aromatic N) is 6. The lowest BCUT2D eigenvalue weighted by atomic mass is 9.99. The molecule has 0 atom stereocenters. The van der Waals surface area contributed by atoms with Gasteiger partial charge in [-0.2, -0.15) is 0 Å². The summed E-state index contributed by atoms with van der Waals surface area (Å²) in [6, 6.07) is 18.0. The minimum absolute atomic E-state index is 0.0148. The van der Waals surface area contributed by atoms with Gasteiger partial charge in [0.2, 0.25) is 11.6 Å². The number of para-hydroxylation sites is 1. The van der Waals surface area contributed by atoms with Crippen molar-refractivity contribution in [3.63, 3.8) is 0 Å². The van der Waals surface area contributed by atoms with E-state index in [1.807, 2.05) is 52.3 Å². The molecule has 1 saturated heterocycles.